The van der Waals surface area contributed by atoms with E-state index >= 15 is 0 Å². The third-order valence-electron chi connectivity index (χ3n) is 5.90. The maximum Gasteiger partial charge on any atom is 0.0443 e. The Kier molecular flexibility index (Phi) is 4.16. The normalized spacial score (nSPS) is 34.3. The fourth-order valence-corrected chi connectivity index (χ4v) is 4.82. The second-order valence-corrected chi connectivity index (χ2v) is 6.96. The molecule has 1 aromatic rings. The average Bonchev–Trinajstić information content (AvgIpc) is 2.68. The number of hydrogen-bond donors (Lipinski definition) is 1. The molecule has 2 aliphatic carbocycles. The minimum atomic E-state index is -0.0613. The van der Waals surface area contributed by atoms with Crippen molar-refractivity contribution in [1.29, 1.82) is 0 Å². The number of rotatable bonds is 2. The van der Waals surface area contributed by atoms with E-state index in [0.29, 0.717) is 5.92 Å². The molecule has 0 radical (unpaired) electrons. The third-order valence-corrected chi connectivity index (χ3v) is 5.90. The van der Waals surface area contributed by atoms with Gasteiger partial charge in [0.05, 0.1) is 0 Å². The van der Waals surface area contributed by atoms with Crippen molar-refractivity contribution in [3.8, 4) is 0 Å². The summed E-state index contributed by atoms with van der Waals surface area (Å²) in [6, 6.07) is 9.01. The molecule has 0 heterocycles. The van der Waals surface area contributed by atoms with Crippen molar-refractivity contribution in [2.45, 2.75) is 70.3 Å². The van der Waals surface area contributed by atoms with Gasteiger partial charge in [0.2, 0.25) is 0 Å². The van der Waals surface area contributed by atoms with E-state index in [1.54, 1.807) is 0 Å². The van der Waals surface area contributed by atoms with Crippen molar-refractivity contribution in [1.82, 2.24) is 0 Å². The lowest BCUT2D eigenvalue weighted by Gasteiger charge is -2.45. The zero-order chi connectivity index (χ0) is 14.0. The summed E-state index contributed by atoms with van der Waals surface area (Å²) in [6.45, 7) is 2.36. The van der Waals surface area contributed by atoms with Crippen molar-refractivity contribution in [2.24, 2.45) is 17.6 Å². The van der Waals surface area contributed by atoms with Gasteiger partial charge in [-0.3, -0.25) is 0 Å². The monoisotopic (exact) mass is 271 g/mol. The van der Waals surface area contributed by atoms with Crippen LogP contribution in [0.5, 0.6) is 0 Å². The van der Waals surface area contributed by atoms with Gasteiger partial charge in [0.15, 0.2) is 0 Å². The van der Waals surface area contributed by atoms with Gasteiger partial charge >= 0.3 is 0 Å². The molecule has 1 fully saturated rings. The van der Waals surface area contributed by atoms with Gasteiger partial charge in [-0.2, -0.15) is 0 Å². The molecule has 110 valence electrons. The van der Waals surface area contributed by atoms with Crippen LogP contribution in [-0.2, 0) is 12.0 Å². The van der Waals surface area contributed by atoms with Gasteiger partial charge in [0.1, 0.15) is 0 Å². The van der Waals surface area contributed by atoms with Crippen LogP contribution in [0.4, 0.5) is 0 Å². The van der Waals surface area contributed by atoms with Gasteiger partial charge < -0.3 is 5.73 Å². The van der Waals surface area contributed by atoms with E-state index in [2.05, 4.69) is 31.2 Å². The number of benzene rings is 1. The first-order chi connectivity index (χ1) is 9.75. The van der Waals surface area contributed by atoms with E-state index in [0.717, 1.165) is 5.92 Å². The second-order valence-electron chi connectivity index (χ2n) is 6.96. The zero-order valence-electron chi connectivity index (χ0n) is 12.9. The molecular weight excluding hydrogens is 242 g/mol. The van der Waals surface area contributed by atoms with Crippen molar-refractivity contribution < 1.29 is 0 Å². The van der Waals surface area contributed by atoms with Gasteiger partial charge in [-0.15, -0.1) is 0 Å². The van der Waals surface area contributed by atoms with E-state index in [-0.39, 0.29) is 5.54 Å². The molecule has 0 amide bonds. The fraction of sp³-hybridized carbons (Fsp3) is 0.684. The number of fused-ring (bicyclic) bond motifs is 1. The summed E-state index contributed by atoms with van der Waals surface area (Å²) in [5.74, 6) is 1.53. The summed E-state index contributed by atoms with van der Waals surface area (Å²) in [5, 5.41) is 0. The fourth-order valence-electron chi connectivity index (χ4n) is 4.82. The van der Waals surface area contributed by atoms with Gasteiger partial charge in [0.25, 0.3) is 0 Å². The van der Waals surface area contributed by atoms with Gasteiger partial charge in [0, 0.05) is 5.54 Å². The molecule has 2 aliphatic rings. The molecule has 0 spiro atoms. The molecule has 0 bridgehead atoms. The van der Waals surface area contributed by atoms with E-state index in [4.69, 9.17) is 5.73 Å². The van der Waals surface area contributed by atoms with Gasteiger partial charge in [-0.1, -0.05) is 63.3 Å². The zero-order valence-corrected chi connectivity index (χ0v) is 12.9. The Morgan fingerprint density at radius 3 is 2.75 bits per heavy atom. The lowest BCUT2D eigenvalue weighted by Crippen LogP contribution is -2.48. The second kappa shape index (κ2) is 5.89. The molecule has 1 saturated carbocycles. The third kappa shape index (κ3) is 2.41. The molecule has 2 N–H and O–H groups in total. The summed E-state index contributed by atoms with van der Waals surface area (Å²) < 4.78 is 0. The molecule has 1 aromatic carbocycles. The molecule has 1 heteroatoms. The van der Waals surface area contributed by atoms with Crippen molar-refractivity contribution in [3.63, 3.8) is 0 Å². The number of hydrogen-bond acceptors (Lipinski definition) is 1. The average molecular weight is 271 g/mol. The highest BCUT2D eigenvalue weighted by Gasteiger charge is 2.42. The highest BCUT2D eigenvalue weighted by Crippen LogP contribution is 2.47. The largest absolute Gasteiger partial charge is 0.321 e. The molecule has 0 saturated heterocycles. The molecule has 3 unspecified atom stereocenters. The minimum Gasteiger partial charge on any atom is -0.321 e. The summed E-state index contributed by atoms with van der Waals surface area (Å²) in [5.41, 5.74) is 10.0. The van der Waals surface area contributed by atoms with Crippen LogP contribution in [0.3, 0.4) is 0 Å². The van der Waals surface area contributed by atoms with Crippen LogP contribution in [0.25, 0.3) is 0 Å². The minimum absolute atomic E-state index is 0.0613. The smallest absolute Gasteiger partial charge is 0.0443 e. The maximum atomic E-state index is 7.11. The summed E-state index contributed by atoms with van der Waals surface area (Å²) >= 11 is 0. The molecule has 3 atom stereocenters. The molecule has 3 rings (SSSR count). The number of aryl methyl sites for hydroxylation is 1. The molecule has 0 aromatic heterocycles. The lowest BCUT2D eigenvalue weighted by atomic mass is 9.63. The highest BCUT2D eigenvalue weighted by atomic mass is 14.8. The Hall–Kier alpha value is -0.820. The SMILES string of the molecule is CCC1CCCCC1C1(N)CCCCc2ccccc21. The standard InChI is InChI=1S/C19H29N/c1-2-15-9-3-5-12-17(15)19(20)14-8-7-11-16-10-4-6-13-18(16)19/h4,6,10,13,15,17H,2-3,5,7-9,11-12,14,20H2,1H3. The predicted molar refractivity (Wildman–Crippen MR) is 85.6 cm³/mol. The maximum absolute atomic E-state index is 7.11. The summed E-state index contributed by atoms with van der Waals surface area (Å²) in [4.78, 5) is 0. The van der Waals surface area contributed by atoms with Crippen molar-refractivity contribution >= 4 is 0 Å². The van der Waals surface area contributed by atoms with Crippen LogP contribution in [0.2, 0.25) is 0 Å². The Morgan fingerprint density at radius 2 is 1.90 bits per heavy atom. The van der Waals surface area contributed by atoms with Crippen LogP contribution in [0, 0.1) is 11.8 Å². The first kappa shape index (κ1) is 14.1. The molecule has 1 nitrogen and oxygen atoms in total. The van der Waals surface area contributed by atoms with Crippen molar-refractivity contribution in [3.05, 3.63) is 35.4 Å². The van der Waals surface area contributed by atoms with E-state index < -0.39 is 0 Å². The Balaban J connectivity index is 2.00. The molecule has 0 aliphatic heterocycles. The Labute approximate surface area is 124 Å². The Morgan fingerprint density at radius 1 is 1.10 bits per heavy atom. The Bertz CT molecular complexity index is 453. The highest BCUT2D eigenvalue weighted by molar-refractivity contribution is 5.35. The van der Waals surface area contributed by atoms with Crippen LogP contribution in [0.1, 0.15) is 69.4 Å². The summed E-state index contributed by atoms with van der Waals surface area (Å²) in [7, 11) is 0. The summed E-state index contributed by atoms with van der Waals surface area (Å²) in [6.07, 6.45) is 11.8. The van der Waals surface area contributed by atoms with Crippen LogP contribution < -0.4 is 5.73 Å². The number of nitrogens with two attached hydrogens (primary N) is 1. The van der Waals surface area contributed by atoms with E-state index in [1.165, 1.54) is 68.9 Å². The van der Waals surface area contributed by atoms with E-state index in [1.807, 2.05) is 0 Å². The molecular formula is C19H29N. The first-order valence-electron chi connectivity index (χ1n) is 8.63. The lowest BCUT2D eigenvalue weighted by molar-refractivity contribution is 0.118. The van der Waals surface area contributed by atoms with Gasteiger partial charge in [-0.25, -0.2) is 0 Å². The van der Waals surface area contributed by atoms with Gasteiger partial charge in [-0.05, 0) is 48.6 Å². The first-order valence-corrected chi connectivity index (χ1v) is 8.63. The van der Waals surface area contributed by atoms with Crippen LogP contribution in [-0.4, -0.2) is 0 Å². The van der Waals surface area contributed by atoms with Crippen molar-refractivity contribution in [2.75, 3.05) is 0 Å². The van der Waals surface area contributed by atoms with E-state index in [9.17, 15) is 0 Å². The predicted octanol–water partition coefficient (Wildman–Crippen LogP) is 4.78. The van der Waals surface area contributed by atoms with Crippen LogP contribution >= 0.6 is 0 Å². The quantitative estimate of drug-likeness (QED) is 0.769. The van der Waals surface area contributed by atoms with Crippen LogP contribution in [0.15, 0.2) is 24.3 Å². The topological polar surface area (TPSA) is 26.0 Å². The molecule has 20 heavy (non-hydrogen) atoms.